The molecule has 0 saturated carbocycles. The smallest absolute Gasteiger partial charge is 0.326 e. The number of aromatic nitrogens is 2. The topological polar surface area (TPSA) is 103 Å². The van der Waals surface area contributed by atoms with E-state index in [2.05, 4.69) is 26.5 Å². The summed E-state index contributed by atoms with van der Waals surface area (Å²) in [5, 5.41) is 5.43. The van der Waals surface area contributed by atoms with Gasteiger partial charge < -0.3 is 10.2 Å². The fourth-order valence-corrected chi connectivity index (χ4v) is 3.31. The van der Waals surface area contributed by atoms with Gasteiger partial charge in [-0.2, -0.15) is 0 Å². The predicted octanol–water partition coefficient (Wildman–Crippen LogP) is 0.511. The summed E-state index contributed by atoms with van der Waals surface area (Å²) in [7, 11) is 3.16. The lowest BCUT2D eigenvalue weighted by Crippen LogP contribution is -2.44. The maximum Gasteiger partial charge on any atom is 0.431 e. The lowest BCUT2D eigenvalue weighted by Gasteiger charge is -2.21. The summed E-state index contributed by atoms with van der Waals surface area (Å²) in [6.45, 7) is 0.0491. The van der Waals surface area contributed by atoms with E-state index < -0.39 is 11.7 Å². The number of benzene rings is 1. The van der Waals surface area contributed by atoms with Crippen molar-refractivity contribution in [2.75, 3.05) is 12.4 Å². The van der Waals surface area contributed by atoms with E-state index in [0.717, 1.165) is 4.47 Å². The minimum atomic E-state index is -0.799. The molecule has 0 aliphatic carbocycles. The normalized spacial score (nSPS) is 16.9. The predicted molar refractivity (Wildman–Crippen MR) is 103 cm³/mol. The van der Waals surface area contributed by atoms with Crippen LogP contribution in [0.15, 0.2) is 38.1 Å². The van der Waals surface area contributed by atoms with Gasteiger partial charge in [0.25, 0.3) is 5.91 Å². The zero-order chi connectivity index (χ0) is 19.7. The summed E-state index contributed by atoms with van der Waals surface area (Å²) in [6, 6.07) is 6.30. The number of nitrogens with one attached hydrogen (secondary N) is 2. The van der Waals surface area contributed by atoms with Crippen LogP contribution in [-0.2, 0) is 23.2 Å². The first-order valence-electron chi connectivity index (χ1n) is 7.98. The van der Waals surface area contributed by atoms with E-state index >= 15 is 0 Å². The number of carbonyl (C=O) groups excluding carboxylic acids is 2. The summed E-state index contributed by atoms with van der Waals surface area (Å²) in [4.78, 5) is 39.7. The number of amides is 2. The van der Waals surface area contributed by atoms with E-state index in [1.165, 1.54) is 9.58 Å². The summed E-state index contributed by atoms with van der Waals surface area (Å²) in [5.74, 6) is -0.627. The number of halogens is 1. The number of carbonyl (C=O) groups is 2. The van der Waals surface area contributed by atoms with Crippen LogP contribution in [0.25, 0.3) is 0 Å². The number of rotatable bonds is 5. The Kier molecular flexibility index (Phi) is 5.42. The van der Waals surface area contributed by atoms with E-state index in [-0.39, 0.29) is 29.9 Å². The third-order valence-corrected chi connectivity index (χ3v) is 5.30. The second kappa shape index (κ2) is 7.61. The first kappa shape index (κ1) is 19.2. The number of thiocarbonyl (C=S) groups is 1. The van der Waals surface area contributed by atoms with Crippen molar-refractivity contribution in [2.24, 2.45) is 7.05 Å². The third-order valence-electron chi connectivity index (χ3n) is 4.27. The van der Waals surface area contributed by atoms with Gasteiger partial charge in [-0.15, -0.1) is 0 Å². The summed E-state index contributed by atoms with van der Waals surface area (Å²) >= 11 is 8.65. The van der Waals surface area contributed by atoms with E-state index in [9.17, 15) is 14.4 Å². The molecule has 1 aromatic carbocycles. The van der Waals surface area contributed by atoms with E-state index in [4.69, 9.17) is 16.7 Å². The standard InChI is InChI=1S/C16H16BrN5O4S/c1-20-14(24)11(7-13(23)18-10-5-3-9(17)4-6-10)22(16(20)27)8-12-15(25)26-19-21(12)2/h3-6,11H,7-8H2,1-2H3,(H-,18,19,23,25)/p+1. The maximum absolute atomic E-state index is 12.6. The molecule has 0 spiro atoms. The van der Waals surface area contributed by atoms with E-state index in [1.807, 2.05) is 0 Å². The minimum Gasteiger partial charge on any atom is -0.326 e. The fourth-order valence-electron chi connectivity index (χ4n) is 2.77. The van der Waals surface area contributed by atoms with Crippen LogP contribution < -0.4 is 15.6 Å². The second-order valence-corrected chi connectivity index (χ2v) is 7.35. The molecule has 0 radical (unpaired) electrons. The van der Waals surface area contributed by atoms with Crippen molar-refractivity contribution in [3.63, 3.8) is 0 Å². The van der Waals surface area contributed by atoms with Gasteiger partial charge in [0.2, 0.25) is 5.91 Å². The van der Waals surface area contributed by atoms with Crippen molar-refractivity contribution in [2.45, 2.75) is 19.0 Å². The molecule has 1 aliphatic rings. The van der Waals surface area contributed by atoms with Gasteiger partial charge in [0.15, 0.2) is 12.2 Å². The molecule has 3 rings (SSSR count). The summed E-state index contributed by atoms with van der Waals surface area (Å²) < 4.78 is 7.03. The number of anilines is 1. The quantitative estimate of drug-likeness (QED) is 0.504. The molecule has 2 aromatic rings. The monoisotopic (exact) mass is 454 g/mol. The zero-order valence-corrected chi connectivity index (χ0v) is 17.0. The molecule has 1 fully saturated rings. The Morgan fingerprint density at radius 1 is 1.37 bits per heavy atom. The van der Waals surface area contributed by atoms with Gasteiger partial charge in [-0.3, -0.25) is 19.0 Å². The number of aromatic amines is 1. The molecule has 9 nitrogen and oxygen atoms in total. The summed E-state index contributed by atoms with van der Waals surface area (Å²) in [6.07, 6.45) is -0.0984. The van der Waals surface area contributed by atoms with E-state index in [0.29, 0.717) is 11.4 Å². The molecule has 1 unspecified atom stereocenters. The highest BCUT2D eigenvalue weighted by molar-refractivity contribution is 9.10. The van der Waals surface area contributed by atoms with Crippen molar-refractivity contribution in [1.29, 1.82) is 0 Å². The molecule has 27 heavy (non-hydrogen) atoms. The largest absolute Gasteiger partial charge is 0.431 e. The van der Waals surface area contributed by atoms with Gasteiger partial charge >= 0.3 is 11.3 Å². The van der Waals surface area contributed by atoms with Crippen molar-refractivity contribution >= 4 is 50.8 Å². The Morgan fingerprint density at radius 3 is 2.63 bits per heavy atom. The molecule has 1 saturated heterocycles. The summed E-state index contributed by atoms with van der Waals surface area (Å²) in [5.41, 5.74) is 0.355. The molecular weight excluding hydrogens is 438 g/mol. The molecule has 0 bridgehead atoms. The van der Waals surface area contributed by atoms with E-state index in [1.54, 1.807) is 43.3 Å². The van der Waals surface area contributed by atoms with Gasteiger partial charge in [-0.1, -0.05) is 20.6 Å². The maximum atomic E-state index is 12.6. The van der Waals surface area contributed by atoms with Gasteiger partial charge in [0.1, 0.15) is 12.6 Å². The first-order chi connectivity index (χ1) is 12.8. The Balaban J connectivity index is 1.77. The number of H-pyrrole nitrogens is 1. The molecule has 1 atom stereocenters. The highest BCUT2D eigenvalue weighted by Gasteiger charge is 2.43. The van der Waals surface area contributed by atoms with Crippen LogP contribution in [-0.4, -0.2) is 45.1 Å². The Labute approximate surface area is 168 Å². The number of hydrogen-bond donors (Lipinski definition) is 2. The molecule has 11 heteroatoms. The number of aryl methyl sites for hydroxylation is 1. The van der Waals surface area contributed by atoms with Crippen LogP contribution >= 0.6 is 28.1 Å². The lowest BCUT2D eigenvalue weighted by molar-refractivity contribution is -0.746. The Bertz CT molecular complexity index is 954. The van der Waals surface area contributed by atoms with Gasteiger partial charge in [0.05, 0.1) is 6.42 Å². The van der Waals surface area contributed by atoms with Crippen LogP contribution in [0.3, 0.4) is 0 Å². The first-order valence-corrected chi connectivity index (χ1v) is 9.18. The molecule has 2 N–H and O–H groups in total. The lowest BCUT2D eigenvalue weighted by atomic mass is 10.1. The molecule has 1 aromatic heterocycles. The van der Waals surface area contributed by atoms with Crippen LogP contribution in [0.4, 0.5) is 5.69 Å². The molecule has 2 amide bonds. The molecular formula is C16H17BrN5O4S+. The highest BCUT2D eigenvalue weighted by atomic mass is 79.9. The van der Waals surface area contributed by atoms with Crippen molar-refractivity contribution in [3.05, 3.63) is 44.9 Å². The average Bonchev–Trinajstić information content (AvgIpc) is 3.04. The highest BCUT2D eigenvalue weighted by Crippen LogP contribution is 2.22. The van der Waals surface area contributed by atoms with Crippen LogP contribution in [0.1, 0.15) is 12.1 Å². The number of likely N-dealkylation sites (N-methyl/N-ethyl adjacent to an activating group) is 1. The minimum absolute atomic E-state index is 0.0491. The molecule has 142 valence electrons. The van der Waals surface area contributed by atoms with Crippen LogP contribution in [0.2, 0.25) is 0 Å². The molecule has 2 heterocycles. The molecule has 1 aliphatic heterocycles. The van der Waals surface area contributed by atoms with Crippen molar-refractivity contribution < 1.29 is 18.8 Å². The Hall–Kier alpha value is -2.53. The van der Waals surface area contributed by atoms with Crippen molar-refractivity contribution in [3.8, 4) is 0 Å². The van der Waals surface area contributed by atoms with Crippen molar-refractivity contribution in [1.82, 2.24) is 15.1 Å². The third kappa shape index (κ3) is 3.93. The zero-order valence-electron chi connectivity index (χ0n) is 14.6. The van der Waals surface area contributed by atoms with Crippen LogP contribution in [0.5, 0.6) is 0 Å². The second-order valence-electron chi connectivity index (χ2n) is 6.07. The SMILES string of the molecule is CN1C(=O)C(CC(=O)Nc2ccc(Br)cc2)N(Cc2c(=O)o[nH][n+]2C)C1=S. The fraction of sp³-hybridized carbons (Fsp3) is 0.312. The number of hydrogen-bond acceptors (Lipinski definition) is 5. The number of nitrogens with zero attached hydrogens (tertiary/aromatic N) is 3. The van der Waals surface area contributed by atoms with Gasteiger partial charge in [-0.05, 0) is 41.8 Å². The van der Waals surface area contributed by atoms with Crippen LogP contribution in [0, 0.1) is 0 Å². The Morgan fingerprint density at radius 2 is 2.04 bits per heavy atom. The van der Waals surface area contributed by atoms with Gasteiger partial charge in [0, 0.05) is 17.2 Å². The van der Waals surface area contributed by atoms with Gasteiger partial charge in [-0.25, -0.2) is 4.79 Å². The average molecular weight is 455 g/mol.